The Morgan fingerprint density at radius 2 is 1.50 bits per heavy atom. The fraction of sp³-hybridized carbons (Fsp3) is 0.435. The van der Waals surface area contributed by atoms with Crippen LogP contribution in [0.1, 0.15) is 48.8 Å². The number of nitrogens with zero attached hydrogens (tertiary/aromatic N) is 1. The van der Waals surface area contributed by atoms with Gasteiger partial charge in [-0.3, -0.25) is 4.79 Å². The van der Waals surface area contributed by atoms with Crippen LogP contribution in [0.2, 0.25) is 0 Å². The van der Waals surface area contributed by atoms with Crippen molar-refractivity contribution in [3.8, 4) is 0 Å². The second-order valence-corrected chi connectivity index (χ2v) is 7.79. The van der Waals surface area contributed by atoms with Crippen molar-refractivity contribution in [1.82, 2.24) is 4.90 Å². The smallest absolute Gasteiger partial charge is 0.225 e. The molecule has 0 unspecified atom stereocenters. The van der Waals surface area contributed by atoms with Gasteiger partial charge in [-0.15, -0.1) is 0 Å². The van der Waals surface area contributed by atoms with E-state index in [1.54, 1.807) is 0 Å². The van der Waals surface area contributed by atoms with Crippen molar-refractivity contribution >= 4 is 5.91 Å². The molecule has 0 aromatic heterocycles. The molecule has 1 saturated heterocycles. The normalized spacial score (nSPS) is 24.7. The Hall–Kier alpha value is -2.13. The zero-order valence-electron chi connectivity index (χ0n) is 15.1. The lowest BCUT2D eigenvalue weighted by Crippen LogP contribution is -2.45. The van der Waals surface area contributed by atoms with Gasteiger partial charge in [0.15, 0.2) is 0 Å². The Balaban J connectivity index is 1.27. The van der Waals surface area contributed by atoms with Crippen LogP contribution in [0.3, 0.4) is 0 Å². The summed E-state index contributed by atoms with van der Waals surface area (Å²) in [5.41, 5.74) is 2.35. The summed E-state index contributed by atoms with van der Waals surface area (Å²) in [6.45, 7) is 1.56. The number of hydrogen-bond donors (Lipinski definition) is 1. The average molecular weight is 349 g/mol. The minimum absolute atomic E-state index is 0.191. The predicted octanol–water partition coefficient (Wildman–Crippen LogP) is 4.15. The summed E-state index contributed by atoms with van der Waals surface area (Å²) in [4.78, 5) is 14.8. The monoisotopic (exact) mass is 349 g/mol. The highest BCUT2D eigenvalue weighted by Crippen LogP contribution is 2.43. The van der Waals surface area contributed by atoms with Gasteiger partial charge in [0, 0.05) is 19.0 Å². The molecule has 2 fully saturated rings. The van der Waals surface area contributed by atoms with Crippen LogP contribution >= 0.6 is 0 Å². The number of aliphatic hydroxyl groups excluding tert-OH is 1. The van der Waals surface area contributed by atoms with E-state index in [1.165, 1.54) is 5.56 Å². The Labute approximate surface area is 155 Å². The van der Waals surface area contributed by atoms with E-state index in [9.17, 15) is 9.90 Å². The summed E-state index contributed by atoms with van der Waals surface area (Å²) in [6.07, 6.45) is 3.32. The van der Waals surface area contributed by atoms with Gasteiger partial charge in [0.25, 0.3) is 0 Å². The van der Waals surface area contributed by atoms with E-state index < -0.39 is 6.10 Å². The highest BCUT2D eigenvalue weighted by Gasteiger charge is 2.38. The maximum Gasteiger partial charge on any atom is 0.225 e. The van der Waals surface area contributed by atoms with Crippen molar-refractivity contribution in [1.29, 1.82) is 0 Å². The first-order valence-corrected chi connectivity index (χ1v) is 9.79. The van der Waals surface area contributed by atoms with Crippen LogP contribution in [-0.4, -0.2) is 29.0 Å². The van der Waals surface area contributed by atoms with Crippen molar-refractivity contribution in [3.05, 3.63) is 71.8 Å². The van der Waals surface area contributed by atoms with E-state index in [4.69, 9.17) is 0 Å². The van der Waals surface area contributed by atoms with Gasteiger partial charge in [-0.05, 0) is 48.6 Å². The van der Waals surface area contributed by atoms with Gasteiger partial charge in [0.05, 0.1) is 6.10 Å². The third-order valence-electron chi connectivity index (χ3n) is 6.20. The summed E-state index contributed by atoms with van der Waals surface area (Å²) >= 11 is 0. The predicted molar refractivity (Wildman–Crippen MR) is 103 cm³/mol. The van der Waals surface area contributed by atoms with E-state index >= 15 is 0 Å². The number of carbonyl (C=O) groups is 1. The minimum atomic E-state index is -0.417. The summed E-state index contributed by atoms with van der Waals surface area (Å²) < 4.78 is 0. The first-order chi connectivity index (χ1) is 12.7. The molecule has 4 rings (SSSR count). The van der Waals surface area contributed by atoms with E-state index in [2.05, 4.69) is 24.3 Å². The Kier molecular flexibility index (Phi) is 5.07. The highest BCUT2D eigenvalue weighted by atomic mass is 16.3. The Morgan fingerprint density at radius 1 is 0.923 bits per heavy atom. The number of aliphatic hydroxyl groups is 1. The maximum atomic E-state index is 12.8. The van der Waals surface area contributed by atoms with Crippen LogP contribution in [0, 0.1) is 11.8 Å². The van der Waals surface area contributed by atoms with E-state index in [0.717, 1.165) is 44.3 Å². The summed E-state index contributed by atoms with van der Waals surface area (Å²) in [5.74, 6) is 1.31. The maximum absolute atomic E-state index is 12.8. The highest BCUT2D eigenvalue weighted by molar-refractivity contribution is 5.80. The molecule has 1 aliphatic carbocycles. The van der Waals surface area contributed by atoms with Crippen molar-refractivity contribution in [3.63, 3.8) is 0 Å². The molecule has 0 spiro atoms. The molecule has 2 aromatic carbocycles. The lowest BCUT2D eigenvalue weighted by Gasteiger charge is -2.41. The Bertz CT molecular complexity index is 716. The second-order valence-electron chi connectivity index (χ2n) is 7.79. The van der Waals surface area contributed by atoms with Crippen LogP contribution in [-0.2, 0) is 4.79 Å². The number of piperidine rings is 1. The largest absolute Gasteiger partial charge is 0.388 e. The van der Waals surface area contributed by atoms with E-state index in [1.807, 2.05) is 41.3 Å². The molecule has 1 atom stereocenters. The van der Waals surface area contributed by atoms with Crippen LogP contribution in [0.15, 0.2) is 60.7 Å². The molecule has 3 heteroatoms. The quantitative estimate of drug-likeness (QED) is 0.901. The third-order valence-corrected chi connectivity index (χ3v) is 6.20. The van der Waals surface area contributed by atoms with Crippen molar-refractivity contribution in [2.75, 3.05) is 13.1 Å². The van der Waals surface area contributed by atoms with Crippen molar-refractivity contribution < 1.29 is 9.90 Å². The van der Waals surface area contributed by atoms with Crippen molar-refractivity contribution in [2.24, 2.45) is 11.8 Å². The van der Waals surface area contributed by atoms with Gasteiger partial charge in [-0.2, -0.15) is 0 Å². The zero-order chi connectivity index (χ0) is 17.9. The summed E-state index contributed by atoms with van der Waals surface area (Å²) in [6, 6.07) is 20.4. The number of carbonyl (C=O) groups excluding carboxylic acids is 1. The van der Waals surface area contributed by atoms with Crippen molar-refractivity contribution in [2.45, 2.75) is 37.7 Å². The van der Waals surface area contributed by atoms with Crippen LogP contribution in [0.4, 0.5) is 0 Å². The van der Waals surface area contributed by atoms with Crippen LogP contribution < -0.4 is 0 Å². The fourth-order valence-electron chi connectivity index (χ4n) is 4.43. The molecular weight excluding hydrogens is 322 g/mol. The van der Waals surface area contributed by atoms with Crippen LogP contribution in [0.25, 0.3) is 0 Å². The fourth-order valence-corrected chi connectivity index (χ4v) is 4.43. The molecule has 26 heavy (non-hydrogen) atoms. The van der Waals surface area contributed by atoms with Gasteiger partial charge < -0.3 is 10.0 Å². The number of benzene rings is 2. The molecule has 1 aliphatic heterocycles. The molecule has 1 N–H and O–H groups in total. The molecule has 3 nitrogen and oxygen atoms in total. The lowest BCUT2D eigenvalue weighted by molar-refractivity contribution is -0.140. The first kappa shape index (κ1) is 17.3. The van der Waals surface area contributed by atoms with Gasteiger partial charge in [0.2, 0.25) is 5.91 Å². The summed E-state index contributed by atoms with van der Waals surface area (Å²) in [7, 11) is 0. The number of rotatable bonds is 4. The molecule has 1 heterocycles. The second kappa shape index (κ2) is 7.63. The first-order valence-electron chi connectivity index (χ1n) is 9.79. The van der Waals surface area contributed by atoms with Gasteiger partial charge in [-0.1, -0.05) is 60.7 Å². The lowest BCUT2D eigenvalue weighted by atomic mass is 9.70. The third kappa shape index (κ3) is 3.54. The molecule has 0 radical (unpaired) electrons. The molecule has 1 amide bonds. The number of hydrogen-bond acceptors (Lipinski definition) is 2. The standard InChI is InChI=1S/C23H27NO2/c25-22(18-9-5-2-6-10-18)19-11-13-24(14-12-19)23(26)21-15-20(16-21)17-7-3-1-4-8-17/h1-10,19-22,25H,11-16H2/t20?,21?,22-/m0/s1. The molecular formula is C23H27NO2. The average Bonchev–Trinajstić information content (AvgIpc) is 2.68. The molecule has 2 aromatic rings. The molecule has 0 bridgehead atoms. The zero-order valence-corrected chi connectivity index (χ0v) is 15.1. The molecule has 136 valence electrons. The van der Waals surface area contributed by atoms with Crippen LogP contribution in [0.5, 0.6) is 0 Å². The van der Waals surface area contributed by atoms with E-state index in [0.29, 0.717) is 11.8 Å². The number of likely N-dealkylation sites (tertiary alicyclic amines) is 1. The SMILES string of the molecule is O=C(C1CC(c2ccccc2)C1)N1CCC([C@@H](O)c2ccccc2)CC1. The molecule has 2 aliphatic rings. The molecule has 1 saturated carbocycles. The van der Waals surface area contributed by atoms with Gasteiger partial charge in [-0.25, -0.2) is 0 Å². The summed E-state index contributed by atoms with van der Waals surface area (Å²) in [5, 5.41) is 10.6. The Morgan fingerprint density at radius 3 is 2.12 bits per heavy atom. The van der Waals surface area contributed by atoms with E-state index in [-0.39, 0.29) is 11.8 Å². The van der Waals surface area contributed by atoms with Gasteiger partial charge in [0.1, 0.15) is 0 Å². The minimum Gasteiger partial charge on any atom is -0.388 e. The number of amides is 1. The topological polar surface area (TPSA) is 40.5 Å². The van der Waals surface area contributed by atoms with Gasteiger partial charge >= 0.3 is 0 Å².